The summed E-state index contributed by atoms with van der Waals surface area (Å²) in [7, 11) is 1.25. The van der Waals surface area contributed by atoms with E-state index in [1.54, 1.807) is 0 Å². The predicted octanol–water partition coefficient (Wildman–Crippen LogP) is 3.58. The Morgan fingerprint density at radius 2 is 2.24 bits per heavy atom. The zero-order valence-corrected chi connectivity index (χ0v) is 11.0. The van der Waals surface area contributed by atoms with E-state index in [0.717, 1.165) is 0 Å². The lowest BCUT2D eigenvalue weighted by molar-refractivity contribution is 0.0600. The number of halogens is 3. The average molecular weight is 319 g/mol. The summed E-state index contributed by atoms with van der Waals surface area (Å²) in [6.07, 6.45) is 1.27. The maximum Gasteiger partial charge on any atom is 0.340 e. The van der Waals surface area contributed by atoms with Gasteiger partial charge in [0.25, 0.3) is 0 Å². The Bertz CT molecular complexity index is 618. The van der Waals surface area contributed by atoms with Crippen molar-refractivity contribution in [2.75, 3.05) is 7.11 Å². The summed E-state index contributed by atoms with van der Waals surface area (Å²) in [5.74, 6) is -1.02. The molecule has 0 aliphatic carbocycles. The van der Waals surface area contributed by atoms with Gasteiger partial charge in [0, 0.05) is 17.6 Å². The van der Waals surface area contributed by atoms with Crippen LogP contribution in [0.25, 0.3) is 10.9 Å². The van der Waals surface area contributed by atoms with Crippen LogP contribution in [0.4, 0.5) is 4.39 Å². The first kappa shape index (κ1) is 12.3. The van der Waals surface area contributed by atoms with Crippen molar-refractivity contribution in [3.63, 3.8) is 0 Å². The average Bonchev–Trinajstić information content (AvgIpc) is 2.31. The van der Waals surface area contributed by atoms with Crippen molar-refractivity contribution in [1.82, 2.24) is 4.98 Å². The number of esters is 1. The lowest BCUT2D eigenvalue weighted by atomic mass is 10.1. The quantitative estimate of drug-likeness (QED) is 0.755. The minimum Gasteiger partial charge on any atom is -0.465 e. The van der Waals surface area contributed by atoms with Crippen LogP contribution in [-0.4, -0.2) is 18.1 Å². The molecule has 2 rings (SSSR count). The summed E-state index contributed by atoms with van der Waals surface area (Å²) >= 11 is 9.11. The van der Waals surface area contributed by atoms with Crippen molar-refractivity contribution >= 4 is 44.4 Å². The molecule has 0 aliphatic heterocycles. The van der Waals surface area contributed by atoms with E-state index in [2.05, 4.69) is 25.7 Å². The molecular formula is C11H6BrClFNO2. The first-order valence-corrected chi connectivity index (χ1v) is 5.73. The molecule has 0 aliphatic rings. The summed E-state index contributed by atoms with van der Waals surface area (Å²) in [5, 5.41) is 0.686. The number of carbonyl (C=O) groups excluding carboxylic acids is 1. The molecule has 88 valence electrons. The highest BCUT2D eigenvalue weighted by Crippen LogP contribution is 2.30. The van der Waals surface area contributed by atoms with Gasteiger partial charge in [0.05, 0.1) is 27.7 Å². The number of hydrogen-bond acceptors (Lipinski definition) is 3. The van der Waals surface area contributed by atoms with Gasteiger partial charge < -0.3 is 4.74 Å². The summed E-state index contributed by atoms with van der Waals surface area (Å²) in [6.45, 7) is 0. The van der Waals surface area contributed by atoms with Gasteiger partial charge in [0.2, 0.25) is 0 Å². The monoisotopic (exact) mass is 317 g/mol. The van der Waals surface area contributed by atoms with E-state index < -0.39 is 11.8 Å². The Morgan fingerprint density at radius 3 is 2.88 bits per heavy atom. The van der Waals surface area contributed by atoms with E-state index in [4.69, 9.17) is 11.6 Å². The smallest absolute Gasteiger partial charge is 0.340 e. The first-order chi connectivity index (χ1) is 8.04. The minimum absolute atomic E-state index is 0.153. The third kappa shape index (κ3) is 2.12. The molecule has 0 atom stereocenters. The number of aromatic nitrogens is 1. The zero-order valence-electron chi connectivity index (χ0n) is 8.63. The van der Waals surface area contributed by atoms with E-state index in [-0.39, 0.29) is 15.1 Å². The van der Waals surface area contributed by atoms with Gasteiger partial charge >= 0.3 is 5.97 Å². The standard InChI is InChI=1S/C11H6BrClFNO2/c1-17-11(16)6-4-15-9-3-8(14)7(12)2-5(9)10(6)13/h2-4H,1H3. The molecule has 1 aromatic carbocycles. The van der Waals surface area contributed by atoms with Crippen molar-refractivity contribution in [3.8, 4) is 0 Å². The molecule has 1 aromatic heterocycles. The molecule has 17 heavy (non-hydrogen) atoms. The number of hydrogen-bond donors (Lipinski definition) is 0. The van der Waals surface area contributed by atoms with Gasteiger partial charge in [-0.1, -0.05) is 11.6 Å². The molecule has 0 saturated heterocycles. The van der Waals surface area contributed by atoms with Crippen LogP contribution in [0.5, 0.6) is 0 Å². The van der Waals surface area contributed by atoms with Crippen LogP contribution >= 0.6 is 27.5 Å². The van der Waals surface area contributed by atoms with Crippen molar-refractivity contribution in [1.29, 1.82) is 0 Å². The van der Waals surface area contributed by atoms with E-state index in [9.17, 15) is 9.18 Å². The molecular weight excluding hydrogens is 312 g/mol. The Balaban J connectivity index is 2.75. The fraction of sp³-hybridized carbons (Fsp3) is 0.0909. The largest absolute Gasteiger partial charge is 0.465 e. The molecule has 0 unspecified atom stereocenters. The van der Waals surface area contributed by atoms with E-state index >= 15 is 0 Å². The number of carbonyl (C=O) groups is 1. The summed E-state index contributed by atoms with van der Waals surface area (Å²) in [5.41, 5.74) is 0.531. The van der Waals surface area contributed by atoms with Crippen LogP contribution in [-0.2, 0) is 4.74 Å². The second kappa shape index (κ2) is 4.58. The highest BCUT2D eigenvalue weighted by atomic mass is 79.9. The molecule has 0 radical (unpaired) electrons. The fourth-order valence-corrected chi connectivity index (χ4v) is 2.03. The van der Waals surface area contributed by atoms with Gasteiger partial charge in [0.1, 0.15) is 5.82 Å². The lowest BCUT2D eigenvalue weighted by Crippen LogP contribution is -2.03. The Kier molecular flexibility index (Phi) is 3.31. The molecule has 0 saturated carbocycles. The number of benzene rings is 1. The van der Waals surface area contributed by atoms with Gasteiger partial charge in [-0.2, -0.15) is 0 Å². The van der Waals surface area contributed by atoms with Gasteiger partial charge in [-0.3, -0.25) is 4.98 Å². The maximum atomic E-state index is 13.3. The number of ether oxygens (including phenoxy) is 1. The molecule has 0 fully saturated rings. The third-order valence-corrected chi connectivity index (χ3v) is 3.26. The summed E-state index contributed by atoms with van der Waals surface area (Å²) in [6, 6.07) is 2.72. The summed E-state index contributed by atoms with van der Waals surface area (Å²) in [4.78, 5) is 15.4. The topological polar surface area (TPSA) is 39.2 Å². The number of rotatable bonds is 1. The van der Waals surface area contributed by atoms with Crippen molar-refractivity contribution < 1.29 is 13.9 Å². The second-order valence-electron chi connectivity index (χ2n) is 3.26. The molecule has 0 amide bonds. The molecule has 2 aromatic rings. The third-order valence-electron chi connectivity index (χ3n) is 2.25. The van der Waals surface area contributed by atoms with Crippen LogP contribution in [0.2, 0.25) is 5.02 Å². The molecule has 0 spiro atoms. The van der Waals surface area contributed by atoms with E-state index in [0.29, 0.717) is 10.9 Å². The number of methoxy groups -OCH3 is 1. The van der Waals surface area contributed by atoms with Crippen molar-refractivity contribution in [2.45, 2.75) is 0 Å². The fourth-order valence-electron chi connectivity index (χ4n) is 1.41. The van der Waals surface area contributed by atoms with E-state index in [1.165, 1.54) is 25.4 Å². The maximum absolute atomic E-state index is 13.3. The van der Waals surface area contributed by atoms with Gasteiger partial charge in [-0.15, -0.1) is 0 Å². The first-order valence-electron chi connectivity index (χ1n) is 4.56. The van der Waals surface area contributed by atoms with Crippen molar-refractivity contribution in [3.05, 3.63) is 39.2 Å². The second-order valence-corrected chi connectivity index (χ2v) is 4.49. The Labute approximate surface area is 110 Å². The number of fused-ring (bicyclic) bond motifs is 1. The number of pyridine rings is 1. The Morgan fingerprint density at radius 1 is 1.53 bits per heavy atom. The van der Waals surface area contributed by atoms with Crippen molar-refractivity contribution in [2.24, 2.45) is 0 Å². The molecule has 0 bridgehead atoms. The number of nitrogens with zero attached hydrogens (tertiary/aromatic N) is 1. The Hall–Kier alpha value is -1.20. The zero-order chi connectivity index (χ0) is 12.6. The normalized spacial score (nSPS) is 10.6. The van der Waals surface area contributed by atoms with Crippen LogP contribution in [0.15, 0.2) is 22.8 Å². The molecule has 3 nitrogen and oxygen atoms in total. The highest BCUT2D eigenvalue weighted by Gasteiger charge is 2.15. The van der Waals surface area contributed by atoms with Gasteiger partial charge in [0.15, 0.2) is 0 Å². The van der Waals surface area contributed by atoms with Gasteiger partial charge in [-0.05, 0) is 22.0 Å². The van der Waals surface area contributed by atoms with Gasteiger partial charge in [-0.25, -0.2) is 9.18 Å². The predicted molar refractivity (Wildman–Crippen MR) is 65.8 cm³/mol. The minimum atomic E-state index is -0.579. The van der Waals surface area contributed by atoms with Crippen LogP contribution in [0.1, 0.15) is 10.4 Å². The van der Waals surface area contributed by atoms with E-state index in [1.807, 2.05) is 0 Å². The van der Waals surface area contributed by atoms with Crippen LogP contribution < -0.4 is 0 Å². The molecule has 0 N–H and O–H groups in total. The summed E-state index contributed by atoms with van der Waals surface area (Å²) < 4.78 is 18.1. The molecule has 6 heteroatoms. The SMILES string of the molecule is COC(=O)c1cnc2cc(F)c(Br)cc2c1Cl. The lowest BCUT2D eigenvalue weighted by Gasteiger charge is -2.06. The van der Waals surface area contributed by atoms with Crippen LogP contribution in [0, 0.1) is 5.82 Å². The van der Waals surface area contributed by atoms with Crippen LogP contribution in [0.3, 0.4) is 0 Å². The molecule has 1 heterocycles. The highest BCUT2D eigenvalue weighted by molar-refractivity contribution is 9.10.